The predicted octanol–water partition coefficient (Wildman–Crippen LogP) is 11.7. The summed E-state index contributed by atoms with van der Waals surface area (Å²) in [7, 11) is 5.87. The Balaban J connectivity index is 4.56. The molecule has 0 N–H and O–H groups in total. The lowest BCUT2D eigenvalue weighted by atomic mass is 10.1. The number of carboxylic acid groups (broad SMARTS) is 1. The van der Waals surface area contributed by atoms with Crippen molar-refractivity contribution in [2.45, 2.75) is 155 Å². The normalized spacial score (nSPS) is 14.0. The molecule has 0 aliphatic rings. The first-order valence-corrected chi connectivity index (χ1v) is 23.7. The molecule has 0 aromatic heterocycles. The molecule has 0 bridgehead atoms. The Morgan fingerprint density at radius 1 is 0.476 bits per heavy atom. The van der Waals surface area contributed by atoms with Gasteiger partial charge in [-0.2, -0.15) is 0 Å². The summed E-state index contributed by atoms with van der Waals surface area (Å²) in [6, 6.07) is 0. The number of esters is 2. The number of allylic oxidation sites excluding steroid dienone is 20. The molecule has 9 nitrogen and oxygen atoms in total. The zero-order valence-corrected chi connectivity index (χ0v) is 39.9. The highest BCUT2D eigenvalue weighted by Gasteiger charge is 2.21. The van der Waals surface area contributed by atoms with Crippen molar-refractivity contribution in [2.75, 3.05) is 47.5 Å². The fourth-order valence-electron chi connectivity index (χ4n) is 5.59. The number of hydrogen-bond acceptors (Lipinski definition) is 8. The molecule has 2 unspecified atom stereocenters. The number of unbranched alkanes of at least 4 members (excludes halogenated alkanes) is 6. The van der Waals surface area contributed by atoms with Crippen LogP contribution in [0.25, 0.3) is 0 Å². The van der Waals surface area contributed by atoms with Gasteiger partial charge in [-0.05, 0) is 96.3 Å². The van der Waals surface area contributed by atoms with Crippen LogP contribution in [-0.4, -0.2) is 82.3 Å². The van der Waals surface area contributed by atoms with Crippen LogP contribution in [0, 0.1) is 0 Å². The molecule has 0 spiro atoms. The largest absolute Gasteiger partial charge is 0.545 e. The van der Waals surface area contributed by atoms with E-state index in [4.69, 9.17) is 18.9 Å². The second-order valence-corrected chi connectivity index (χ2v) is 16.3. The number of carbonyl (C=O) groups excluding carboxylic acids is 3. The maximum Gasteiger partial charge on any atom is 0.306 e. The number of carbonyl (C=O) groups is 3. The van der Waals surface area contributed by atoms with Crippen LogP contribution in [0.4, 0.5) is 0 Å². The number of hydrogen-bond donors (Lipinski definition) is 0. The quantitative estimate of drug-likeness (QED) is 0.0196. The van der Waals surface area contributed by atoms with Gasteiger partial charge >= 0.3 is 11.9 Å². The molecule has 0 amide bonds. The fraction of sp³-hybridized carbons (Fsp3) is 0.574. The van der Waals surface area contributed by atoms with Crippen LogP contribution in [0.15, 0.2) is 122 Å². The molecule has 0 saturated carbocycles. The van der Waals surface area contributed by atoms with Gasteiger partial charge in [-0.3, -0.25) is 9.59 Å². The third kappa shape index (κ3) is 45.5. The molecule has 0 aromatic carbocycles. The van der Waals surface area contributed by atoms with E-state index in [1.165, 1.54) is 0 Å². The topological polar surface area (TPSA) is 111 Å². The molecule has 2 atom stereocenters. The van der Waals surface area contributed by atoms with Crippen LogP contribution >= 0.6 is 0 Å². The summed E-state index contributed by atoms with van der Waals surface area (Å²) in [6.07, 6.45) is 58.1. The van der Waals surface area contributed by atoms with Crippen LogP contribution in [0.3, 0.4) is 0 Å². The van der Waals surface area contributed by atoms with Gasteiger partial charge < -0.3 is 33.3 Å². The van der Waals surface area contributed by atoms with E-state index >= 15 is 0 Å². The maximum atomic E-state index is 12.8. The molecule has 0 radical (unpaired) electrons. The zero-order valence-electron chi connectivity index (χ0n) is 39.9. The molecular weight excluding hydrogens is 791 g/mol. The lowest BCUT2D eigenvalue weighted by molar-refractivity contribution is -0.870. The molecule has 0 rings (SSSR count). The third-order valence-electron chi connectivity index (χ3n) is 9.20. The average molecular weight is 876 g/mol. The highest BCUT2D eigenvalue weighted by Crippen LogP contribution is 2.11. The van der Waals surface area contributed by atoms with Crippen LogP contribution in [0.5, 0.6) is 0 Å². The van der Waals surface area contributed by atoms with Crippen molar-refractivity contribution in [1.82, 2.24) is 0 Å². The first-order valence-electron chi connectivity index (χ1n) is 23.7. The van der Waals surface area contributed by atoms with Crippen molar-refractivity contribution in [3.63, 3.8) is 0 Å². The molecule has 0 fully saturated rings. The van der Waals surface area contributed by atoms with Crippen molar-refractivity contribution in [3.8, 4) is 0 Å². The third-order valence-corrected chi connectivity index (χ3v) is 9.20. The van der Waals surface area contributed by atoms with E-state index in [-0.39, 0.29) is 32.7 Å². The number of rotatable bonds is 41. The average Bonchev–Trinajstić information content (AvgIpc) is 3.24. The van der Waals surface area contributed by atoms with Crippen LogP contribution in [0.2, 0.25) is 0 Å². The summed E-state index contributed by atoms with van der Waals surface area (Å²) in [6.45, 7) is 4.39. The van der Waals surface area contributed by atoms with E-state index in [0.29, 0.717) is 30.3 Å². The van der Waals surface area contributed by atoms with Gasteiger partial charge in [0.1, 0.15) is 13.2 Å². The Bertz CT molecular complexity index is 1440. The van der Waals surface area contributed by atoms with Gasteiger partial charge in [-0.1, -0.05) is 155 Å². The standard InChI is InChI=1S/C54H85NO8/c1-6-8-10-12-14-16-18-20-22-23-24-25-26-27-28-29-31-33-35-37-39-41-43-45-52(57)63-50(49-62-54(53(58)59)60-47-46-55(3,4)5)48-61-51(56)44-42-40-38-36-34-32-30-21-19-17-15-13-11-9-7-2/h8-11,14-17,20-22,24-25,27-28,30-31,33,37,39,50,54H,6-7,12-13,18-19,23,26,29,32,34-36,38,40-49H2,1-5H3/b10-8-,11-9-,16-14-,17-15-,22-20-,25-24-,28-27-,30-21-,33-31-,39-37-. The van der Waals surface area contributed by atoms with E-state index in [1.807, 2.05) is 27.2 Å². The Hall–Kier alpha value is -4.31. The minimum Gasteiger partial charge on any atom is -0.545 e. The van der Waals surface area contributed by atoms with Gasteiger partial charge in [-0.15, -0.1) is 0 Å². The SMILES string of the molecule is CC/C=C\C/C=C\C/C=C\C/C=C\C/C=C\C/C=C\C/C=C\CCCC(=O)OC(COC(=O)CCCCCCC/C=C\C/C=C\C/C=C\CC)COC(OCC[N+](C)(C)C)C(=O)[O-]. The Morgan fingerprint density at radius 3 is 1.32 bits per heavy atom. The molecule has 0 saturated heterocycles. The highest BCUT2D eigenvalue weighted by molar-refractivity contribution is 5.70. The number of aliphatic carboxylic acids is 1. The lowest BCUT2D eigenvalue weighted by Crippen LogP contribution is -2.44. The second-order valence-electron chi connectivity index (χ2n) is 16.3. The first kappa shape index (κ1) is 58.7. The molecule has 0 aliphatic heterocycles. The molecule has 354 valence electrons. The van der Waals surface area contributed by atoms with Crippen molar-refractivity contribution in [2.24, 2.45) is 0 Å². The lowest BCUT2D eigenvalue weighted by Gasteiger charge is -2.26. The fourth-order valence-corrected chi connectivity index (χ4v) is 5.59. The molecular formula is C54H85NO8. The summed E-state index contributed by atoms with van der Waals surface area (Å²) >= 11 is 0. The van der Waals surface area contributed by atoms with Gasteiger partial charge in [0, 0.05) is 12.8 Å². The Morgan fingerprint density at radius 2 is 0.873 bits per heavy atom. The number of nitrogens with zero attached hydrogens (tertiary/aromatic N) is 1. The summed E-state index contributed by atoms with van der Waals surface area (Å²) < 4.78 is 22.5. The van der Waals surface area contributed by atoms with Crippen LogP contribution in [0.1, 0.15) is 142 Å². The van der Waals surface area contributed by atoms with E-state index in [1.54, 1.807) is 0 Å². The summed E-state index contributed by atoms with van der Waals surface area (Å²) in [5.74, 6) is -2.41. The first-order chi connectivity index (χ1) is 30.6. The van der Waals surface area contributed by atoms with E-state index in [9.17, 15) is 19.5 Å². The summed E-state index contributed by atoms with van der Waals surface area (Å²) in [5, 5.41) is 11.7. The predicted molar refractivity (Wildman–Crippen MR) is 260 cm³/mol. The minimum atomic E-state index is -1.65. The van der Waals surface area contributed by atoms with Crippen molar-refractivity contribution >= 4 is 17.9 Å². The van der Waals surface area contributed by atoms with Gasteiger partial charge in [0.2, 0.25) is 0 Å². The number of ether oxygens (including phenoxy) is 4. The zero-order chi connectivity index (χ0) is 46.3. The van der Waals surface area contributed by atoms with Crippen molar-refractivity contribution in [3.05, 3.63) is 122 Å². The molecule has 63 heavy (non-hydrogen) atoms. The van der Waals surface area contributed by atoms with Crippen LogP contribution in [-0.2, 0) is 33.3 Å². The van der Waals surface area contributed by atoms with Crippen LogP contribution < -0.4 is 5.11 Å². The monoisotopic (exact) mass is 876 g/mol. The summed E-state index contributed by atoms with van der Waals surface area (Å²) in [4.78, 5) is 37.0. The molecule has 0 heterocycles. The molecule has 0 aromatic rings. The smallest absolute Gasteiger partial charge is 0.306 e. The summed E-state index contributed by atoms with van der Waals surface area (Å²) in [5.41, 5.74) is 0. The minimum absolute atomic E-state index is 0.126. The Labute approximate surface area is 383 Å². The highest BCUT2D eigenvalue weighted by atomic mass is 16.7. The van der Waals surface area contributed by atoms with Gasteiger partial charge in [0.25, 0.3) is 0 Å². The van der Waals surface area contributed by atoms with Gasteiger partial charge in [0.05, 0.1) is 40.3 Å². The number of quaternary nitrogens is 1. The van der Waals surface area contributed by atoms with Gasteiger partial charge in [-0.25, -0.2) is 0 Å². The molecule has 9 heteroatoms. The number of carboxylic acids is 1. The number of likely N-dealkylation sites (N-methyl/N-ethyl adjacent to an activating group) is 1. The van der Waals surface area contributed by atoms with E-state index < -0.39 is 30.3 Å². The Kier molecular flexibility index (Phi) is 41.3. The van der Waals surface area contributed by atoms with E-state index in [2.05, 4.69) is 129 Å². The maximum absolute atomic E-state index is 12.8. The van der Waals surface area contributed by atoms with Gasteiger partial charge in [0.15, 0.2) is 12.4 Å². The van der Waals surface area contributed by atoms with Crippen molar-refractivity contribution < 1.29 is 42.9 Å². The van der Waals surface area contributed by atoms with Crippen molar-refractivity contribution in [1.29, 1.82) is 0 Å². The molecule has 0 aliphatic carbocycles. The van der Waals surface area contributed by atoms with E-state index in [0.717, 1.165) is 96.3 Å². The second kappa shape index (κ2) is 44.3.